The van der Waals surface area contributed by atoms with Gasteiger partial charge in [0.1, 0.15) is 12.3 Å². The first-order chi connectivity index (χ1) is 13.3. The van der Waals surface area contributed by atoms with Gasteiger partial charge in [0.25, 0.3) is 5.91 Å². The topological polar surface area (TPSA) is 95.9 Å². The Kier molecular flexibility index (Phi) is 5.35. The molecule has 7 heteroatoms. The average molecular weight is 382 g/mol. The first-order valence-corrected chi connectivity index (χ1v) is 9.02. The molecule has 0 saturated heterocycles. The van der Waals surface area contributed by atoms with E-state index >= 15 is 0 Å². The maximum absolute atomic E-state index is 12.7. The van der Waals surface area contributed by atoms with E-state index in [0.29, 0.717) is 11.4 Å². The number of para-hydroxylation sites is 1. The molecule has 1 aliphatic rings. The van der Waals surface area contributed by atoms with Gasteiger partial charge in [0.15, 0.2) is 6.10 Å². The quantitative estimate of drug-likeness (QED) is 0.827. The minimum Gasteiger partial charge on any atom is -0.479 e. The second-order valence-electron chi connectivity index (χ2n) is 6.96. The van der Waals surface area contributed by atoms with E-state index in [9.17, 15) is 14.4 Å². The Labute approximate surface area is 162 Å². The number of hydrogen-bond acceptors (Lipinski definition) is 4. The SMILES string of the molecule is CC1Oc2cc(C(=O)O)ccc2N(CC(=O)Nc2ccccc2C(C)C)C1=O. The van der Waals surface area contributed by atoms with Crippen molar-refractivity contribution in [3.63, 3.8) is 0 Å². The van der Waals surface area contributed by atoms with E-state index in [2.05, 4.69) is 5.32 Å². The van der Waals surface area contributed by atoms with Crippen LogP contribution in [0.4, 0.5) is 11.4 Å². The molecule has 146 valence electrons. The fraction of sp³-hybridized carbons (Fsp3) is 0.286. The average Bonchev–Trinajstić information content (AvgIpc) is 2.65. The molecule has 1 atom stereocenters. The van der Waals surface area contributed by atoms with Crippen molar-refractivity contribution in [3.8, 4) is 5.75 Å². The summed E-state index contributed by atoms with van der Waals surface area (Å²) >= 11 is 0. The summed E-state index contributed by atoms with van der Waals surface area (Å²) in [6.07, 6.45) is -0.813. The monoisotopic (exact) mass is 382 g/mol. The van der Waals surface area contributed by atoms with Crippen molar-refractivity contribution in [1.29, 1.82) is 0 Å². The van der Waals surface area contributed by atoms with E-state index in [4.69, 9.17) is 9.84 Å². The molecule has 0 saturated carbocycles. The number of ether oxygens (including phenoxy) is 1. The summed E-state index contributed by atoms with van der Waals surface area (Å²) in [6, 6.07) is 11.7. The van der Waals surface area contributed by atoms with Crippen LogP contribution in [0.2, 0.25) is 0 Å². The molecule has 1 aliphatic heterocycles. The van der Waals surface area contributed by atoms with Crippen LogP contribution in [-0.2, 0) is 9.59 Å². The number of carbonyl (C=O) groups is 3. The van der Waals surface area contributed by atoms with Crippen LogP contribution in [0.3, 0.4) is 0 Å². The standard InChI is InChI=1S/C21H22N2O5/c1-12(2)15-6-4-5-7-16(15)22-19(24)11-23-17-9-8-14(21(26)27)10-18(17)28-13(3)20(23)25/h4-10,12-13H,11H2,1-3H3,(H,22,24)(H,26,27). The molecule has 0 bridgehead atoms. The lowest BCUT2D eigenvalue weighted by molar-refractivity contribution is -0.127. The summed E-state index contributed by atoms with van der Waals surface area (Å²) in [7, 11) is 0. The highest BCUT2D eigenvalue weighted by Gasteiger charge is 2.33. The summed E-state index contributed by atoms with van der Waals surface area (Å²) in [4.78, 5) is 37.7. The number of nitrogens with zero attached hydrogens (tertiary/aromatic N) is 1. The molecule has 28 heavy (non-hydrogen) atoms. The molecule has 0 fully saturated rings. The number of amides is 2. The Balaban J connectivity index is 1.85. The summed E-state index contributed by atoms with van der Waals surface area (Å²) in [6.45, 7) is 5.44. The van der Waals surface area contributed by atoms with Crippen molar-refractivity contribution in [1.82, 2.24) is 0 Å². The zero-order chi connectivity index (χ0) is 20.4. The second kappa shape index (κ2) is 7.72. The third-order valence-electron chi connectivity index (χ3n) is 4.57. The smallest absolute Gasteiger partial charge is 0.335 e. The number of fused-ring (bicyclic) bond motifs is 1. The first kappa shape index (κ1) is 19.4. The highest BCUT2D eigenvalue weighted by molar-refractivity contribution is 6.06. The Bertz CT molecular complexity index is 938. The predicted octanol–water partition coefficient (Wildman–Crippen LogP) is 3.26. The van der Waals surface area contributed by atoms with Crippen LogP contribution < -0.4 is 15.0 Å². The van der Waals surface area contributed by atoms with Gasteiger partial charge in [-0.2, -0.15) is 0 Å². The number of carboxylic acids is 1. The van der Waals surface area contributed by atoms with Crippen molar-refractivity contribution >= 4 is 29.2 Å². The Morgan fingerprint density at radius 3 is 2.61 bits per heavy atom. The molecular formula is C21H22N2O5. The van der Waals surface area contributed by atoms with Crippen LogP contribution in [0.5, 0.6) is 5.75 Å². The van der Waals surface area contributed by atoms with Gasteiger partial charge >= 0.3 is 5.97 Å². The number of carboxylic acid groups (broad SMARTS) is 1. The zero-order valence-electron chi connectivity index (χ0n) is 15.9. The molecule has 2 aromatic carbocycles. The van der Waals surface area contributed by atoms with E-state index in [1.54, 1.807) is 6.92 Å². The van der Waals surface area contributed by atoms with Gasteiger partial charge in [0, 0.05) is 5.69 Å². The molecule has 2 aromatic rings. The van der Waals surface area contributed by atoms with Crippen molar-refractivity contribution in [2.45, 2.75) is 32.8 Å². The number of benzene rings is 2. The highest BCUT2D eigenvalue weighted by atomic mass is 16.5. The predicted molar refractivity (Wildman–Crippen MR) is 105 cm³/mol. The molecule has 1 unspecified atom stereocenters. The molecule has 2 amide bonds. The number of carbonyl (C=O) groups excluding carboxylic acids is 2. The number of hydrogen-bond donors (Lipinski definition) is 2. The van der Waals surface area contributed by atoms with E-state index in [0.717, 1.165) is 5.56 Å². The maximum Gasteiger partial charge on any atom is 0.335 e. The molecule has 0 spiro atoms. The molecule has 0 aromatic heterocycles. The van der Waals surface area contributed by atoms with Crippen LogP contribution in [-0.4, -0.2) is 35.5 Å². The second-order valence-corrected chi connectivity index (χ2v) is 6.96. The van der Waals surface area contributed by atoms with Crippen LogP contribution in [0, 0.1) is 0 Å². The lowest BCUT2D eigenvalue weighted by Gasteiger charge is -2.32. The molecule has 0 aliphatic carbocycles. The Morgan fingerprint density at radius 1 is 1.21 bits per heavy atom. The van der Waals surface area contributed by atoms with Gasteiger partial charge in [-0.1, -0.05) is 32.0 Å². The van der Waals surface area contributed by atoms with Gasteiger partial charge in [0.2, 0.25) is 5.91 Å². The van der Waals surface area contributed by atoms with Crippen molar-refractivity contribution in [2.75, 3.05) is 16.8 Å². The number of anilines is 2. The van der Waals surface area contributed by atoms with Gasteiger partial charge in [-0.05, 0) is 42.7 Å². The van der Waals surface area contributed by atoms with Gasteiger partial charge in [-0.3, -0.25) is 14.5 Å². The van der Waals surface area contributed by atoms with E-state index in [1.165, 1.54) is 23.1 Å². The fourth-order valence-electron chi connectivity index (χ4n) is 3.15. The number of aromatic carboxylic acids is 1. The molecule has 7 nitrogen and oxygen atoms in total. The van der Waals surface area contributed by atoms with Crippen molar-refractivity contribution in [2.24, 2.45) is 0 Å². The lowest BCUT2D eigenvalue weighted by atomic mass is 10.0. The fourth-order valence-corrected chi connectivity index (χ4v) is 3.15. The zero-order valence-corrected chi connectivity index (χ0v) is 15.9. The van der Waals surface area contributed by atoms with Crippen molar-refractivity contribution < 1.29 is 24.2 Å². The minimum absolute atomic E-state index is 0.0514. The van der Waals surface area contributed by atoms with E-state index < -0.39 is 12.1 Å². The van der Waals surface area contributed by atoms with Crippen LogP contribution in [0.25, 0.3) is 0 Å². The largest absolute Gasteiger partial charge is 0.479 e. The van der Waals surface area contributed by atoms with Crippen LogP contribution in [0.1, 0.15) is 42.6 Å². The number of rotatable bonds is 5. The molecule has 0 radical (unpaired) electrons. The molecular weight excluding hydrogens is 360 g/mol. The summed E-state index contributed by atoms with van der Waals surface area (Å²) in [5.74, 6) is -1.30. The third-order valence-corrected chi connectivity index (χ3v) is 4.57. The first-order valence-electron chi connectivity index (χ1n) is 9.02. The van der Waals surface area contributed by atoms with E-state index in [-0.39, 0.29) is 35.6 Å². The normalized spacial score (nSPS) is 15.8. The van der Waals surface area contributed by atoms with Gasteiger partial charge in [-0.15, -0.1) is 0 Å². The number of nitrogens with one attached hydrogen (secondary N) is 1. The van der Waals surface area contributed by atoms with E-state index in [1.807, 2.05) is 38.1 Å². The summed E-state index contributed by atoms with van der Waals surface area (Å²) in [5, 5.41) is 12.0. The van der Waals surface area contributed by atoms with Gasteiger partial charge in [-0.25, -0.2) is 4.79 Å². The van der Waals surface area contributed by atoms with Gasteiger partial charge < -0.3 is 15.2 Å². The van der Waals surface area contributed by atoms with Crippen LogP contribution >= 0.6 is 0 Å². The van der Waals surface area contributed by atoms with Crippen LogP contribution in [0.15, 0.2) is 42.5 Å². The molecule has 2 N–H and O–H groups in total. The summed E-state index contributed by atoms with van der Waals surface area (Å²) < 4.78 is 5.53. The maximum atomic E-state index is 12.7. The third kappa shape index (κ3) is 3.83. The van der Waals surface area contributed by atoms with Gasteiger partial charge in [0.05, 0.1) is 11.3 Å². The summed E-state index contributed by atoms with van der Waals surface area (Å²) in [5.41, 5.74) is 2.14. The molecule has 3 rings (SSSR count). The Hall–Kier alpha value is -3.35. The minimum atomic E-state index is -1.09. The Morgan fingerprint density at radius 2 is 1.93 bits per heavy atom. The highest BCUT2D eigenvalue weighted by Crippen LogP contribution is 2.35. The lowest BCUT2D eigenvalue weighted by Crippen LogP contribution is -2.47. The molecule has 1 heterocycles. The van der Waals surface area contributed by atoms with Crippen molar-refractivity contribution in [3.05, 3.63) is 53.6 Å².